The molecule has 7 nitrogen and oxygen atoms in total. The molecule has 0 aromatic carbocycles. The number of hydrogen-bond donors (Lipinski definition) is 1. The van der Waals surface area contributed by atoms with Gasteiger partial charge in [0.15, 0.2) is 0 Å². The molecule has 0 radical (unpaired) electrons. The van der Waals surface area contributed by atoms with E-state index in [0.717, 1.165) is 32.0 Å². The summed E-state index contributed by atoms with van der Waals surface area (Å²) >= 11 is 0. The Bertz CT molecular complexity index is 544. The topological polar surface area (TPSA) is 77.8 Å². The molecule has 0 amide bonds. The summed E-state index contributed by atoms with van der Waals surface area (Å²) in [5, 5.41) is 8.11. The Labute approximate surface area is 112 Å². The molecule has 102 valence electrons. The van der Waals surface area contributed by atoms with Crippen molar-refractivity contribution < 1.29 is 0 Å². The fourth-order valence-electron chi connectivity index (χ4n) is 2.68. The number of fused-ring (bicyclic) bond motifs is 1. The molecular formula is C12H19N7. The van der Waals surface area contributed by atoms with Crippen LogP contribution in [0.4, 0.5) is 0 Å². The van der Waals surface area contributed by atoms with Crippen molar-refractivity contribution in [2.24, 2.45) is 5.73 Å². The zero-order valence-corrected chi connectivity index (χ0v) is 11.1. The zero-order chi connectivity index (χ0) is 13.2. The van der Waals surface area contributed by atoms with Crippen LogP contribution in [0, 0.1) is 0 Å². The summed E-state index contributed by atoms with van der Waals surface area (Å²) in [6.45, 7) is 6.28. The predicted molar refractivity (Wildman–Crippen MR) is 70.1 cm³/mol. The molecule has 7 heteroatoms. The summed E-state index contributed by atoms with van der Waals surface area (Å²) in [4.78, 5) is 6.59. The first-order valence-electron chi connectivity index (χ1n) is 6.64. The van der Waals surface area contributed by atoms with Crippen molar-refractivity contribution in [1.82, 2.24) is 29.2 Å². The van der Waals surface area contributed by atoms with Gasteiger partial charge in [-0.25, -0.2) is 4.98 Å². The van der Waals surface area contributed by atoms with Gasteiger partial charge >= 0.3 is 0 Å². The summed E-state index contributed by atoms with van der Waals surface area (Å²) in [6.07, 6.45) is 5.57. The Hall–Kier alpha value is -1.73. The van der Waals surface area contributed by atoms with Crippen LogP contribution in [-0.2, 0) is 19.6 Å². The van der Waals surface area contributed by atoms with Crippen molar-refractivity contribution in [3.05, 3.63) is 30.4 Å². The summed E-state index contributed by atoms with van der Waals surface area (Å²) in [5.41, 5.74) is 7.17. The van der Waals surface area contributed by atoms with Crippen LogP contribution in [0.15, 0.2) is 18.9 Å². The van der Waals surface area contributed by atoms with Gasteiger partial charge in [-0.1, -0.05) is 0 Å². The predicted octanol–water partition coefficient (Wildman–Crippen LogP) is 0.0101. The first-order chi connectivity index (χ1) is 9.33. The van der Waals surface area contributed by atoms with Gasteiger partial charge in [-0.2, -0.15) is 0 Å². The SMILES string of the molecule is CCn1cncc1C(CN)N1CCn2cnnc2C1. The lowest BCUT2D eigenvalue weighted by Gasteiger charge is -2.33. The molecular weight excluding hydrogens is 242 g/mol. The number of aryl methyl sites for hydroxylation is 1. The average Bonchev–Trinajstić information content (AvgIpc) is 3.07. The molecule has 3 heterocycles. The number of imidazole rings is 1. The fraction of sp³-hybridized carbons (Fsp3) is 0.583. The fourth-order valence-corrected chi connectivity index (χ4v) is 2.68. The molecule has 19 heavy (non-hydrogen) atoms. The van der Waals surface area contributed by atoms with E-state index in [1.165, 1.54) is 5.69 Å². The van der Waals surface area contributed by atoms with E-state index in [9.17, 15) is 0 Å². The Balaban J connectivity index is 1.84. The summed E-state index contributed by atoms with van der Waals surface area (Å²) < 4.78 is 4.25. The van der Waals surface area contributed by atoms with E-state index in [1.807, 2.05) is 12.5 Å². The Morgan fingerprint density at radius 3 is 3.05 bits per heavy atom. The molecule has 0 saturated heterocycles. The Morgan fingerprint density at radius 2 is 2.26 bits per heavy atom. The van der Waals surface area contributed by atoms with Gasteiger partial charge in [-0.15, -0.1) is 10.2 Å². The van der Waals surface area contributed by atoms with Crippen LogP contribution in [0.5, 0.6) is 0 Å². The highest BCUT2D eigenvalue weighted by Crippen LogP contribution is 2.23. The van der Waals surface area contributed by atoms with E-state index in [4.69, 9.17) is 5.73 Å². The van der Waals surface area contributed by atoms with Crippen molar-refractivity contribution in [3.8, 4) is 0 Å². The lowest BCUT2D eigenvalue weighted by atomic mass is 10.1. The van der Waals surface area contributed by atoms with Crippen molar-refractivity contribution in [3.63, 3.8) is 0 Å². The molecule has 2 N–H and O–H groups in total. The first kappa shape index (κ1) is 12.3. The molecule has 3 rings (SSSR count). The summed E-state index contributed by atoms with van der Waals surface area (Å²) in [5.74, 6) is 1.01. The minimum absolute atomic E-state index is 0.188. The second-order valence-electron chi connectivity index (χ2n) is 4.77. The molecule has 0 saturated carbocycles. The smallest absolute Gasteiger partial charge is 0.147 e. The highest BCUT2D eigenvalue weighted by atomic mass is 15.3. The Kier molecular flexibility index (Phi) is 3.31. The standard InChI is InChI=1S/C12H19N7/c1-2-17-8-14-6-11(17)10(5-13)18-3-4-19-9-15-16-12(19)7-18/h6,8-10H,2-5,7,13H2,1H3. The van der Waals surface area contributed by atoms with Gasteiger partial charge in [-0.3, -0.25) is 4.90 Å². The molecule has 0 aliphatic carbocycles. The third kappa shape index (κ3) is 2.15. The second-order valence-corrected chi connectivity index (χ2v) is 4.77. The quantitative estimate of drug-likeness (QED) is 0.839. The molecule has 0 spiro atoms. The number of aromatic nitrogens is 5. The van der Waals surface area contributed by atoms with E-state index in [2.05, 4.69) is 36.1 Å². The van der Waals surface area contributed by atoms with Gasteiger partial charge in [0.05, 0.1) is 24.6 Å². The highest BCUT2D eigenvalue weighted by molar-refractivity contribution is 5.08. The molecule has 1 atom stereocenters. The van der Waals surface area contributed by atoms with E-state index in [-0.39, 0.29) is 6.04 Å². The molecule has 2 aromatic rings. The largest absolute Gasteiger partial charge is 0.333 e. The number of rotatable bonds is 4. The van der Waals surface area contributed by atoms with Crippen molar-refractivity contribution in [1.29, 1.82) is 0 Å². The average molecular weight is 261 g/mol. The maximum atomic E-state index is 5.99. The number of hydrogen-bond acceptors (Lipinski definition) is 5. The van der Waals surface area contributed by atoms with Gasteiger partial charge in [0.25, 0.3) is 0 Å². The lowest BCUT2D eigenvalue weighted by molar-refractivity contribution is 0.150. The van der Waals surface area contributed by atoms with Crippen molar-refractivity contribution in [2.45, 2.75) is 32.6 Å². The third-order valence-electron chi connectivity index (χ3n) is 3.76. The van der Waals surface area contributed by atoms with Crippen LogP contribution < -0.4 is 5.73 Å². The molecule has 0 bridgehead atoms. The Morgan fingerprint density at radius 1 is 1.37 bits per heavy atom. The van der Waals surface area contributed by atoms with Crippen LogP contribution in [0.1, 0.15) is 24.5 Å². The lowest BCUT2D eigenvalue weighted by Crippen LogP contribution is -2.40. The van der Waals surface area contributed by atoms with E-state index in [0.29, 0.717) is 6.54 Å². The normalized spacial score (nSPS) is 17.4. The van der Waals surface area contributed by atoms with Crippen LogP contribution in [0.3, 0.4) is 0 Å². The summed E-state index contributed by atoms with van der Waals surface area (Å²) in [7, 11) is 0. The van der Waals surface area contributed by atoms with Gasteiger partial charge < -0.3 is 14.9 Å². The second kappa shape index (κ2) is 5.10. The van der Waals surface area contributed by atoms with Crippen molar-refractivity contribution in [2.75, 3.05) is 13.1 Å². The van der Waals surface area contributed by atoms with Crippen LogP contribution in [0.2, 0.25) is 0 Å². The molecule has 0 fully saturated rings. The molecule has 1 unspecified atom stereocenters. The van der Waals surface area contributed by atoms with E-state index in [1.54, 1.807) is 6.33 Å². The van der Waals surface area contributed by atoms with E-state index >= 15 is 0 Å². The van der Waals surface area contributed by atoms with Crippen LogP contribution in [0.25, 0.3) is 0 Å². The number of nitrogens with zero attached hydrogens (tertiary/aromatic N) is 6. The van der Waals surface area contributed by atoms with Gasteiger partial charge in [0, 0.05) is 32.4 Å². The van der Waals surface area contributed by atoms with E-state index < -0.39 is 0 Å². The third-order valence-corrected chi connectivity index (χ3v) is 3.76. The zero-order valence-electron chi connectivity index (χ0n) is 11.1. The number of nitrogens with two attached hydrogens (primary N) is 1. The minimum atomic E-state index is 0.188. The highest BCUT2D eigenvalue weighted by Gasteiger charge is 2.26. The first-order valence-corrected chi connectivity index (χ1v) is 6.64. The van der Waals surface area contributed by atoms with Crippen molar-refractivity contribution >= 4 is 0 Å². The molecule has 2 aromatic heterocycles. The van der Waals surface area contributed by atoms with Gasteiger partial charge in [-0.05, 0) is 6.92 Å². The minimum Gasteiger partial charge on any atom is -0.333 e. The maximum absolute atomic E-state index is 5.99. The van der Waals surface area contributed by atoms with Gasteiger partial charge in [0.2, 0.25) is 0 Å². The molecule has 1 aliphatic heterocycles. The molecule has 1 aliphatic rings. The van der Waals surface area contributed by atoms with Crippen LogP contribution >= 0.6 is 0 Å². The maximum Gasteiger partial charge on any atom is 0.147 e. The monoisotopic (exact) mass is 261 g/mol. The summed E-state index contributed by atoms with van der Waals surface area (Å²) in [6, 6.07) is 0.188. The van der Waals surface area contributed by atoms with Gasteiger partial charge in [0.1, 0.15) is 12.2 Å². The van der Waals surface area contributed by atoms with Crippen LogP contribution in [-0.4, -0.2) is 42.3 Å².